The van der Waals surface area contributed by atoms with Gasteiger partial charge in [-0.1, -0.05) is 17.7 Å². The second-order valence-electron chi connectivity index (χ2n) is 4.50. The molecule has 0 aromatic heterocycles. The summed E-state index contributed by atoms with van der Waals surface area (Å²) in [5.41, 5.74) is 0.314. The molecule has 2 aromatic carbocycles. The summed E-state index contributed by atoms with van der Waals surface area (Å²) in [7, 11) is -4.07. The summed E-state index contributed by atoms with van der Waals surface area (Å²) in [5, 5.41) is 20.3. The van der Waals surface area contributed by atoms with Crippen LogP contribution in [-0.2, 0) is 10.0 Å². The number of nitrogens with one attached hydrogen (secondary N) is 1. The largest absolute Gasteiger partial charge is 0.502 e. The number of phenols is 1. The van der Waals surface area contributed by atoms with Gasteiger partial charge in [0, 0.05) is 6.07 Å². The number of sulfonamides is 1. The lowest BCUT2D eigenvalue weighted by atomic mass is 10.2. The number of nitrogens with zero attached hydrogens (tertiary/aromatic N) is 1. The normalized spacial score (nSPS) is 11.2. The highest BCUT2D eigenvalue weighted by Gasteiger charge is 2.21. The van der Waals surface area contributed by atoms with E-state index in [4.69, 9.17) is 11.6 Å². The molecule has 0 radical (unpaired) electrons. The van der Waals surface area contributed by atoms with Gasteiger partial charge in [-0.05, 0) is 36.8 Å². The standard InChI is InChI=1S/C13H11ClN2O5S/c1-8-2-4-11(10(14)6-8)15-22(20,21)9-3-5-13(17)12(7-9)16(18)19/h2-7,15,17H,1H3. The lowest BCUT2D eigenvalue weighted by Crippen LogP contribution is -2.13. The molecule has 0 spiro atoms. The molecule has 0 unspecified atom stereocenters. The van der Waals surface area contributed by atoms with Gasteiger partial charge in [0.05, 0.1) is 20.5 Å². The zero-order chi connectivity index (χ0) is 16.5. The Hall–Kier alpha value is -2.32. The Bertz CT molecular complexity index is 852. The number of rotatable bonds is 4. The molecule has 9 heteroatoms. The second kappa shape index (κ2) is 5.82. The van der Waals surface area contributed by atoms with Crippen LogP contribution in [0.15, 0.2) is 41.3 Å². The molecule has 0 bridgehead atoms. The van der Waals surface area contributed by atoms with Crippen LogP contribution < -0.4 is 4.72 Å². The van der Waals surface area contributed by atoms with Crippen molar-refractivity contribution >= 4 is 33.0 Å². The lowest BCUT2D eigenvalue weighted by molar-refractivity contribution is -0.386. The topological polar surface area (TPSA) is 110 Å². The molecule has 0 heterocycles. The SMILES string of the molecule is Cc1ccc(NS(=O)(=O)c2ccc(O)c([N+](=O)[O-])c2)c(Cl)c1. The monoisotopic (exact) mass is 342 g/mol. The molecule has 2 aromatic rings. The van der Waals surface area contributed by atoms with Crippen molar-refractivity contribution in [2.75, 3.05) is 4.72 Å². The number of hydrogen-bond donors (Lipinski definition) is 2. The molecule has 7 nitrogen and oxygen atoms in total. The Morgan fingerprint density at radius 2 is 1.91 bits per heavy atom. The van der Waals surface area contributed by atoms with Crippen LogP contribution in [0.1, 0.15) is 5.56 Å². The molecular weight excluding hydrogens is 332 g/mol. The first kappa shape index (κ1) is 16.1. The molecule has 2 N–H and O–H groups in total. The minimum atomic E-state index is -4.07. The average Bonchev–Trinajstić information content (AvgIpc) is 2.42. The van der Waals surface area contributed by atoms with E-state index in [1.165, 1.54) is 6.07 Å². The van der Waals surface area contributed by atoms with Crippen LogP contribution in [-0.4, -0.2) is 18.4 Å². The smallest absolute Gasteiger partial charge is 0.312 e. The first-order chi connectivity index (χ1) is 10.2. The third-order valence-electron chi connectivity index (χ3n) is 2.82. The van der Waals surface area contributed by atoms with Crippen LogP contribution in [0.5, 0.6) is 5.75 Å². The summed E-state index contributed by atoms with van der Waals surface area (Å²) in [6.45, 7) is 1.80. The van der Waals surface area contributed by atoms with Crippen molar-refractivity contribution in [3.05, 3.63) is 57.1 Å². The van der Waals surface area contributed by atoms with Gasteiger partial charge in [0.25, 0.3) is 10.0 Å². The molecule has 0 amide bonds. The molecule has 116 valence electrons. The van der Waals surface area contributed by atoms with E-state index >= 15 is 0 Å². The maximum Gasteiger partial charge on any atom is 0.312 e. The van der Waals surface area contributed by atoms with E-state index in [0.29, 0.717) is 0 Å². The number of nitro groups is 1. The third-order valence-corrected chi connectivity index (χ3v) is 4.50. The Morgan fingerprint density at radius 3 is 2.50 bits per heavy atom. The van der Waals surface area contributed by atoms with Crippen LogP contribution in [0, 0.1) is 17.0 Å². The number of nitro benzene ring substituents is 1. The number of anilines is 1. The molecule has 22 heavy (non-hydrogen) atoms. The van der Waals surface area contributed by atoms with Gasteiger partial charge >= 0.3 is 5.69 Å². The summed E-state index contributed by atoms with van der Waals surface area (Å²) >= 11 is 5.95. The predicted octanol–water partition coefficient (Wildman–Crippen LogP) is 3.06. The van der Waals surface area contributed by atoms with Gasteiger partial charge in [0.1, 0.15) is 0 Å². The van der Waals surface area contributed by atoms with Gasteiger partial charge in [0.15, 0.2) is 5.75 Å². The quantitative estimate of drug-likeness (QED) is 0.655. The highest BCUT2D eigenvalue weighted by Crippen LogP contribution is 2.30. The van der Waals surface area contributed by atoms with Crippen LogP contribution >= 0.6 is 11.6 Å². The summed E-state index contributed by atoms with van der Waals surface area (Å²) < 4.78 is 26.8. The number of aromatic hydroxyl groups is 1. The number of benzene rings is 2. The fourth-order valence-corrected chi connectivity index (χ4v) is 3.16. The van der Waals surface area contributed by atoms with Gasteiger partial charge in [0.2, 0.25) is 0 Å². The third kappa shape index (κ3) is 3.29. The van der Waals surface area contributed by atoms with Crippen molar-refractivity contribution in [2.24, 2.45) is 0 Å². The van der Waals surface area contributed by atoms with Crippen molar-refractivity contribution < 1.29 is 18.4 Å². The number of phenolic OH excluding ortho intramolecular Hbond substituents is 1. The summed E-state index contributed by atoms with van der Waals surface area (Å²) in [5.74, 6) is -0.614. The first-order valence-corrected chi connectivity index (χ1v) is 7.83. The van der Waals surface area contributed by atoms with Crippen molar-refractivity contribution in [3.8, 4) is 5.75 Å². The molecular formula is C13H11ClN2O5S. The van der Waals surface area contributed by atoms with Gasteiger partial charge in [-0.25, -0.2) is 8.42 Å². The van der Waals surface area contributed by atoms with Crippen LogP contribution in [0.3, 0.4) is 0 Å². The molecule has 0 saturated heterocycles. The Morgan fingerprint density at radius 1 is 1.23 bits per heavy atom. The Labute approximate surface area is 131 Å². The zero-order valence-corrected chi connectivity index (χ0v) is 12.9. The number of hydrogen-bond acceptors (Lipinski definition) is 5. The number of halogens is 1. The second-order valence-corrected chi connectivity index (χ2v) is 6.59. The minimum Gasteiger partial charge on any atom is -0.502 e. The summed E-state index contributed by atoms with van der Waals surface area (Å²) in [4.78, 5) is 9.54. The van der Waals surface area contributed by atoms with Crippen molar-refractivity contribution in [2.45, 2.75) is 11.8 Å². The van der Waals surface area contributed by atoms with Crippen LogP contribution in [0.2, 0.25) is 5.02 Å². The fourth-order valence-electron chi connectivity index (χ4n) is 1.72. The first-order valence-electron chi connectivity index (χ1n) is 5.97. The van der Waals surface area contributed by atoms with E-state index < -0.39 is 26.4 Å². The maximum absolute atomic E-state index is 12.3. The van der Waals surface area contributed by atoms with E-state index in [1.807, 2.05) is 0 Å². The average molecular weight is 343 g/mol. The molecule has 0 aliphatic carbocycles. The highest BCUT2D eigenvalue weighted by molar-refractivity contribution is 7.92. The Kier molecular flexibility index (Phi) is 4.25. The van der Waals surface area contributed by atoms with Crippen LogP contribution in [0.25, 0.3) is 0 Å². The van der Waals surface area contributed by atoms with E-state index in [9.17, 15) is 23.6 Å². The summed E-state index contributed by atoms with van der Waals surface area (Å²) in [6.07, 6.45) is 0. The summed E-state index contributed by atoms with van der Waals surface area (Å²) in [6, 6.07) is 7.53. The predicted molar refractivity (Wildman–Crippen MR) is 81.8 cm³/mol. The van der Waals surface area contributed by atoms with Crippen molar-refractivity contribution in [1.82, 2.24) is 0 Å². The molecule has 0 saturated carbocycles. The van der Waals surface area contributed by atoms with Gasteiger partial charge in [-0.15, -0.1) is 0 Å². The van der Waals surface area contributed by atoms with E-state index in [2.05, 4.69) is 4.72 Å². The zero-order valence-electron chi connectivity index (χ0n) is 11.3. The fraction of sp³-hybridized carbons (Fsp3) is 0.0769. The van der Waals surface area contributed by atoms with E-state index in [0.717, 1.165) is 23.8 Å². The molecule has 2 rings (SSSR count). The van der Waals surface area contributed by atoms with Crippen molar-refractivity contribution in [3.63, 3.8) is 0 Å². The number of aryl methyl sites for hydroxylation is 1. The minimum absolute atomic E-state index is 0.156. The van der Waals surface area contributed by atoms with Crippen molar-refractivity contribution in [1.29, 1.82) is 0 Å². The van der Waals surface area contributed by atoms with E-state index in [1.54, 1.807) is 19.1 Å². The maximum atomic E-state index is 12.3. The molecule has 0 fully saturated rings. The van der Waals surface area contributed by atoms with Gasteiger partial charge in [-0.2, -0.15) is 0 Å². The molecule has 0 aliphatic rings. The molecule has 0 aliphatic heterocycles. The van der Waals surface area contributed by atoms with Crippen LogP contribution in [0.4, 0.5) is 11.4 Å². The van der Waals surface area contributed by atoms with E-state index in [-0.39, 0.29) is 15.6 Å². The Balaban J connectivity index is 2.42. The van der Waals surface area contributed by atoms with Gasteiger partial charge in [-0.3, -0.25) is 14.8 Å². The highest BCUT2D eigenvalue weighted by atomic mass is 35.5. The van der Waals surface area contributed by atoms with Gasteiger partial charge < -0.3 is 5.11 Å². The molecule has 0 atom stereocenters. The lowest BCUT2D eigenvalue weighted by Gasteiger charge is -2.10.